The quantitative estimate of drug-likeness (QED) is 0.0319. The minimum atomic E-state index is -1.38. The summed E-state index contributed by atoms with van der Waals surface area (Å²) in [5.74, 6) is 6.47. The molecule has 0 atom stereocenters. The van der Waals surface area contributed by atoms with Gasteiger partial charge in [-0.25, -0.2) is 14.5 Å². The van der Waals surface area contributed by atoms with Gasteiger partial charge in [0.1, 0.15) is 77.4 Å². The Labute approximate surface area is 693 Å². The summed E-state index contributed by atoms with van der Waals surface area (Å²) in [6.45, 7) is 26.1. The van der Waals surface area contributed by atoms with E-state index in [1.165, 1.54) is 56.7 Å². The Balaban J connectivity index is 0.000000167. The van der Waals surface area contributed by atoms with Crippen LogP contribution in [0.4, 0.5) is 10.0 Å². The number of hydrogen-bond donors (Lipinski definition) is 3. The van der Waals surface area contributed by atoms with Crippen LogP contribution in [0.3, 0.4) is 0 Å². The van der Waals surface area contributed by atoms with Gasteiger partial charge < -0.3 is 57.4 Å². The van der Waals surface area contributed by atoms with Crippen LogP contribution in [0.15, 0.2) is 120 Å². The first kappa shape index (κ1) is 83.7. The number of methoxy groups -OCH3 is 2. The number of carbonyl (C=O) groups is 1. The number of nitriles is 3. The van der Waals surface area contributed by atoms with Crippen molar-refractivity contribution in [3.8, 4) is 113 Å². The maximum absolute atomic E-state index is 10.9. The van der Waals surface area contributed by atoms with Gasteiger partial charge in [0.05, 0.1) is 81.3 Å². The zero-order valence-corrected chi connectivity index (χ0v) is 69.1. The fraction of sp³-hybridized carbons (Fsp3) is 0.169. The summed E-state index contributed by atoms with van der Waals surface area (Å²) >= 11 is 27.8. The fourth-order valence-corrected chi connectivity index (χ4v) is 22.1. The third-order valence-corrected chi connectivity index (χ3v) is 28.2. The summed E-state index contributed by atoms with van der Waals surface area (Å²) in [5, 5.41) is 51.1. The molecule has 4 aliphatic rings. The summed E-state index contributed by atoms with van der Waals surface area (Å²) in [5.41, 5.74) is 1.03. The Morgan fingerprint density at radius 3 is 1.44 bits per heavy atom. The summed E-state index contributed by atoms with van der Waals surface area (Å²) < 4.78 is 60.5. The average Bonchev–Trinajstić information content (AvgIpc) is 1.62. The van der Waals surface area contributed by atoms with Crippen LogP contribution < -0.4 is 52.1 Å². The second kappa shape index (κ2) is 42.0. The number of halogens is 2. The smallest absolute Gasteiger partial charge is 0.241 e. The number of thiophene rings is 12. The van der Waals surface area contributed by atoms with Crippen molar-refractivity contribution in [1.82, 2.24) is 0 Å². The second-order valence-corrected chi connectivity index (χ2v) is 35.9. The molecule has 12 aromatic rings. The second-order valence-electron chi connectivity index (χ2n) is 20.5. The number of nitrogens with zero attached hydrogens (tertiary/aromatic N) is 7. The van der Waals surface area contributed by atoms with E-state index in [4.69, 9.17) is 87.7 Å². The van der Waals surface area contributed by atoms with Crippen LogP contribution in [-0.2, 0) is 6.42 Å². The summed E-state index contributed by atoms with van der Waals surface area (Å²) in [7, 11) is 6.16. The molecule has 16 heterocycles. The van der Waals surface area contributed by atoms with E-state index in [2.05, 4.69) is 83.3 Å². The standard InChI is InChI=1S/C30H14N4O2S5.C16H12O4S3.C7H4N2S.C6H4Br2O2S.C6H6O2S.C5H7BO3S.CH4.BHNS/c1-33-21(23-6-5-20(16-32)39-23)14-19-4-8-25(38-19)30-28-27(35-11-12-36-28)29(41-30)24-7-3-18(37-24)13-17(15-31)22-9-10-26(34-2)40-22;1-18-12-5-4-11(22-12)16-14-13(19-6-7-20-14)15(23-16)10-3-2-9(8-17)21-10;1-9-7-3-2-6(10-7)4-5-8;7-5-3-4(6(8)11-5)10-2-1-9-3;1-2-8-6-4-9-3-5(6)7-1;1-9-5-3-2-4(10-5)6(7)8;;1-2-3/h3-10,13-14H,11-12H2;2-5,8H,6-7H2,1H3;2-3H,4H2;1-2H2;3-4H,1-2H2;2-3,7-8H,1H3;1H4;3H/b17-13+,21-14-;;;;;;;. The van der Waals surface area contributed by atoms with E-state index in [9.17, 15) is 10.1 Å². The van der Waals surface area contributed by atoms with E-state index in [0.29, 0.717) is 100 Å². The van der Waals surface area contributed by atoms with E-state index in [1.807, 2.05) is 95.7 Å². The molecule has 0 spiro atoms. The maximum atomic E-state index is 10.9. The van der Waals surface area contributed by atoms with Gasteiger partial charge in [0, 0.05) is 54.6 Å². The van der Waals surface area contributed by atoms with Crippen molar-refractivity contribution >= 4 is 240 Å². The van der Waals surface area contributed by atoms with E-state index in [0.717, 1.165) is 128 Å². The van der Waals surface area contributed by atoms with Crippen molar-refractivity contribution in [2.75, 3.05) is 67.1 Å². The van der Waals surface area contributed by atoms with Gasteiger partial charge in [-0.3, -0.25) is 4.79 Å². The SMILES string of the molecule is Brc1sc(Br)c2c1OCCO2.C.COc1ccc(-c2sc(-c3ccc(C=O)s3)c3c2OCCO3)s1.COc1ccc(B(O)O)s1.[B]=NS.[C-]#[N+]/C(=C\c1ccc(-c2sc(-c3ccc(/C=C(\C#N)c4ccc([N+]#[C-])s4)s3)c3c2OCCO3)s1)c1ccc(C#N)s1.[C-]#[N+]c1ccc(CC#N)s1.c1scc2c1OCCO2. The molecule has 16 rings (SSSR count). The Morgan fingerprint density at radius 2 is 1.02 bits per heavy atom. The molecular formula is C71H52B2Br2N7O13S13. The van der Waals surface area contributed by atoms with Crippen molar-refractivity contribution in [2.45, 2.75) is 13.8 Å². The van der Waals surface area contributed by atoms with E-state index < -0.39 is 7.12 Å². The topological polar surface area (TPSA) is 247 Å². The monoisotopic (exact) mass is 1810 g/mol. The molecule has 0 amide bonds. The third-order valence-electron chi connectivity index (χ3n) is 13.8. The Morgan fingerprint density at radius 1 is 0.565 bits per heavy atom. The first-order chi connectivity index (χ1) is 52.2. The number of hydrogen-bond acceptors (Lipinski definition) is 30. The van der Waals surface area contributed by atoms with Gasteiger partial charge in [-0.2, -0.15) is 38.5 Å². The molecule has 2 N–H and O–H groups in total. The van der Waals surface area contributed by atoms with Crippen LogP contribution in [0.5, 0.6) is 56.1 Å². The van der Waals surface area contributed by atoms with Crippen molar-refractivity contribution in [3.05, 3.63) is 184 Å². The van der Waals surface area contributed by atoms with Gasteiger partial charge in [-0.15, -0.1) is 102 Å². The average molecular weight is 1810 g/mol. The molecule has 0 aromatic carbocycles. The van der Waals surface area contributed by atoms with E-state index in [-0.39, 0.29) is 7.43 Å². The van der Waals surface area contributed by atoms with Crippen LogP contribution >= 0.6 is 181 Å². The molecule has 0 bridgehead atoms. The number of allylic oxidation sites excluding steroid dienone is 1. The minimum absolute atomic E-state index is 0. The van der Waals surface area contributed by atoms with E-state index >= 15 is 0 Å². The van der Waals surface area contributed by atoms with Crippen LogP contribution in [-0.4, -0.2) is 98.2 Å². The predicted molar refractivity (Wildman–Crippen MR) is 454 cm³/mol. The molecule has 12 aromatic heterocycles. The number of aldehydes is 1. The summed E-state index contributed by atoms with van der Waals surface area (Å²) in [6.07, 6.45) is 4.99. The number of carbonyl (C=O) groups excluding carboxylic acids is 1. The predicted octanol–water partition coefficient (Wildman–Crippen LogP) is 22.0. The number of ether oxygens (including phenoxy) is 10. The Kier molecular flexibility index (Phi) is 32.5. The number of rotatable bonds is 13. The van der Waals surface area contributed by atoms with Crippen molar-refractivity contribution < 1.29 is 62.2 Å². The van der Waals surface area contributed by atoms with Gasteiger partial charge in [0.15, 0.2) is 62.4 Å². The molecule has 37 heteroatoms. The number of thiol groups is 1. The summed E-state index contributed by atoms with van der Waals surface area (Å²) in [4.78, 5) is 35.1. The van der Waals surface area contributed by atoms with Gasteiger partial charge in [0.2, 0.25) is 15.7 Å². The maximum Gasteiger partial charge on any atom is 0.241 e. The molecule has 0 aliphatic carbocycles. The van der Waals surface area contributed by atoms with E-state index in [1.54, 1.807) is 124 Å². The molecule has 4 aliphatic heterocycles. The Bertz CT molecular complexity index is 5200. The molecule has 20 nitrogen and oxygen atoms in total. The van der Waals surface area contributed by atoms with Gasteiger partial charge in [0.25, 0.3) is 0 Å². The van der Waals surface area contributed by atoms with Crippen LogP contribution in [0, 0.1) is 53.7 Å². The number of fused-ring (bicyclic) bond motifs is 4. The minimum Gasteiger partial charge on any atom is -0.485 e. The molecule has 0 unspecified atom stereocenters. The first-order valence-corrected chi connectivity index (χ1v) is 42.4. The molecule has 0 saturated carbocycles. The molecule has 0 saturated heterocycles. The van der Waals surface area contributed by atoms with Crippen LogP contribution in [0.2, 0.25) is 0 Å². The first-order valence-electron chi connectivity index (χ1n) is 30.5. The van der Waals surface area contributed by atoms with Crippen molar-refractivity contribution in [3.63, 3.8) is 0 Å². The van der Waals surface area contributed by atoms with Crippen molar-refractivity contribution in [1.29, 1.82) is 15.8 Å². The largest absolute Gasteiger partial charge is 0.485 e. The van der Waals surface area contributed by atoms with Crippen LogP contribution in [0.1, 0.15) is 46.4 Å². The van der Waals surface area contributed by atoms with Gasteiger partial charge >= 0.3 is 31.9 Å². The molecular weight excluding hydrogens is 1760 g/mol. The van der Waals surface area contributed by atoms with Crippen molar-refractivity contribution in [2.24, 2.45) is 4.30 Å². The third kappa shape index (κ3) is 21.8. The summed E-state index contributed by atoms with van der Waals surface area (Å²) in [6, 6.07) is 36.2. The molecule has 0 fully saturated rings. The zero-order chi connectivity index (χ0) is 75.8. The fourth-order valence-electron chi connectivity index (χ4n) is 9.26. The molecule has 108 heavy (non-hydrogen) atoms. The molecule has 547 valence electrons. The van der Waals surface area contributed by atoms with Gasteiger partial charge in [-0.05, 0) is 123 Å². The zero-order valence-electron chi connectivity index (χ0n) is 55.3. The van der Waals surface area contributed by atoms with Gasteiger partial charge in [-0.1, -0.05) is 37.0 Å². The Hall–Kier alpha value is -8.35. The van der Waals surface area contributed by atoms with Crippen LogP contribution in [0.25, 0.3) is 77.0 Å². The molecule has 1 radical (unpaired) electrons. The normalized spacial score (nSPS) is 12.2.